The number of ether oxygens (including phenoxy) is 2. The first-order valence-corrected chi connectivity index (χ1v) is 9.44. The van der Waals surface area contributed by atoms with Crippen molar-refractivity contribution in [1.29, 1.82) is 0 Å². The number of rotatable bonds is 5. The zero-order chi connectivity index (χ0) is 17.6. The van der Waals surface area contributed by atoms with Crippen molar-refractivity contribution >= 4 is 15.9 Å². The van der Waals surface area contributed by atoms with Gasteiger partial charge in [0.15, 0.2) is 0 Å². The van der Waals surface area contributed by atoms with E-state index in [9.17, 15) is 0 Å². The molecule has 1 saturated heterocycles. The third-order valence-electron chi connectivity index (χ3n) is 4.66. The van der Waals surface area contributed by atoms with Crippen molar-refractivity contribution in [2.24, 2.45) is 0 Å². The second-order valence-corrected chi connectivity index (χ2v) is 7.12. The molecule has 2 aromatic rings. The van der Waals surface area contributed by atoms with E-state index in [4.69, 9.17) is 9.47 Å². The van der Waals surface area contributed by atoms with E-state index in [0.717, 1.165) is 48.6 Å². The van der Waals surface area contributed by atoms with Gasteiger partial charge in [0.25, 0.3) is 0 Å². The molecule has 1 unspecified atom stereocenters. The van der Waals surface area contributed by atoms with Gasteiger partial charge in [-0.3, -0.25) is 4.90 Å². The summed E-state index contributed by atoms with van der Waals surface area (Å²) in [4.78, 5) is 2.53. The van der Waals surface area contributed by atoms with E-state index in [-0.39, 0.29) is 6.04 Å². The Labute approximate surface area is 158 Å². The zero-order valence-corrected chi connectivity index (χ0v) is 16.4. The molecule has 0 bridgehead atoms. The Hall–Kier alpha value is -1.56. The van der Waals surface area contributed by atoms with Crippen LogP contribution in [-0.2, 0) is 0 Å². The zero-order valence-electron chi connectivity index (χ0n) is 14.8. The Balaban J connectivity index is 2.05. The van der Waals surface area contributed by atoms with E-state index >= 15 is 0 Å². The van der Waals surface area contributed by atoms with Crippen molar-refractivity contribution in [3.05, 3.63) is 58.1 Å². The molecule has 25 heavy (non-hydrogen) atoms. The molecule has 0 saturated carbocycles. The first-order chi connectivity index (χ1) is 12.2. The van der Waals surface area contributed by atoms with E-state index < -0.39 is 0 Å². The summed E-state index contributed by atoms with van der Waals surface area (Å²) in [6.45, 7) is 4.14. The lowest BCUT2D eigenvalue weighted by atomic mass is 9.95. The van der Waals surface area contributed by atoms with Crippen LogP contribution in [0.25, 0.3) is 0 Å². The fraction of sp³-hybridized carbons (Fsp3) is 0.400. The highest BCUT2D eigenvalue weighted by molar-refractivity contribution is 9.10. The predicted molar refractivity (Wildman–Crippen MR) is 105 cm³/mol. The number of hydrogen-bond acceptors (Lipinski definition) is 4. The van der Waals surface area contributed by atoms with E-state index in [0.29, 0.717) is 0 Å². The van der Waals surface area contributed by atoms with Crippen LogP contribution in [-0.4, -0.2) is 45.3 Å². The van der Waals surface area contributed by atoms with Crippen molar-refractivity contribution in [2.75, 3.05) is 40.4 Å². The molecule has 1 aliphatic rings. The Morgan fingerprint density at radius 3 is 2.52 bits per heavy atom. The van der Waals surface area contributed by atoms with Crippen LogP contribution in [0.2, 0.25) is 0 Å². The minimum Gasteiger partial charge on any atom is -0.497 e. The highest BCUT2D eigenvalue weighted by atomic mass is 79.9. The molecule has 1 fully saturated rings. The number of nitrogens with one attached hydrogen (secondary N) is 1. The van der Waals surface area contributed by atoms with Crippen LogP contribution in [0, 0.1) is 0 Å². The van der Waals surface area contributed by atoms with Gasteiger partial charge in [0.05, 0.1) is 20.3 Å². The van der Waals surface area contributed by atoms with Crippen molar-refractivity contribution in [3.63, 3.8) is 0 Å². The Kier molecular flexibility index (Phi) is 6.34. The number of hydrogen-bond donors (Lipinski definition) is 1. The highest BCUT2D eigenvalue weighted by Crippen LogP contribution is 2.37. The number of nitrogens with zero attached hydrogens (tertiary/aromatic N) is 1. The van der Waals surface area contributed by atoms with E-state index in [1.165, 1.54) is 11.1 Å². The molecular formula is C20H25BrN2O2. The van der Waals surface area contributed by atoms with Gasteiger partial charge in [0.1, 0.15) is 11.5 Å². The Morgan fingerprint density at radius 1 is 1.00 bits per heavy atom. The molecule has 1 atom stereocenters. The third kappa shape index (κ3) is 4.35. The first kappa shape index (κ1) is 18.2. The minimum atomic E-state index is 0.151. The molecule has 0 aliphatic carbocycles. The lowest BCUT2D eigenvalue weighted by Crippen LogP contribution is -2.33. The lowest BCUT2D eigenvalue weighted by molar-refractivity contribution is 0.236. The Morgan fingerprint density at radius 2 is 1.80 bits per heavy atom. The van der Waals surface area contributed by atoms with Crippen LogP contribution in [0.1, 0.15) is 23.6 Å². The van der Waals surface area contributed by atoms with Crippen LogP contribution in [0.4, 0.5) is 0 Å². The number of benzene rings is 2. The molecule has 134 valence electrons. The summed E-state index contributed by atoms with van der Waals surface area (Å²) >= 11 is 3.62. The fourth-order valence-corrected chi connectivity index (χ4v) is 3.80. The van der Waals surface area contributed by atoms with Gasteiger partial charge in [-0.05, 0) is 48.9 Å². The van der Waals surface area contributed by atoms with Crippen LogP contribution in [0.3, 0.4) is 0 Å². The quantitative estimate of drug-likeness (QED) is 0.820. The molecular weight excluding hydrogens is 380 g/mol. The summed E-state index contributed by atoms with van der Waals surface area (Å²) in [7, 11) is 3.44. The number of methoxy groups -OCH3 is 2. The first-order valence-electron chi connectivity index (χ1n) is 8.65. The van der Waals surface area contributed by atoms with E-state index in [1.807, 2.05) is 24.3 Å². The Bertz CT molecular complexity index is 683. The lowest BCUT2D eigenvalue weighted by Gasteiger charge is -2.32. The van der Waals surface area contributed by atoms with E-state index in [1.54, 1.807) is 14.2 Å². The highest BCUT2D eigenvalue weighted by Gasteiger charge is 2.26. The maximum Gasteiger partial charge on any atom is 0.124 e. The molecule has 1 heterocycles. The van der Waals surface area contributed by atoms with Crippen molar-refractivity contribution in [1.82, 2.24) is 10.2 Å². The molecule has 2 aromatic carbocycles. The minimum absolute atomic E-state index is 0.151. The van der Waals surface area contributed by atoms with Gasteiger partial charge in [0, 0.05) is 29.7 Å². The maximum absolute atomic E-state index is 5.68. The fourth-order valence-electron chi connectivity index (χ4n) is 3.42. The smallest absolute Gasteiger partial charge is 0.124 e. The molecule has 1 N–H and O–H groups in total. The van der Waals surface area contributed by atoms with Crippen LogP contribution in [0.5, 0.6) is 11.5 Å². The normalized spacial score (nSPS) is 16.9. The molecule has 0 spiro atoms. The van der Waals surface area contributed by atoms with Crippen molar-refractivity contribution in [3.8, 4) is 11.5 Å². The van der Waals surface area contributed by atoms with Gasteiger partial charge in [-0.15, -0.1) is 0 Å². The second kappa shape index (κ2) is 8.70. The summed E-state index contributed by atoms with van der Waals surface area (Å²) in [6.07, 6.45) is 1.14. The monoisotopic (exact) mass is 404 g/mol. The van der Waals surface area contributed by atoms with Gasteiger partial charge in [-0.1, -0.05) is 28.1 Å². The van der Waals surface area contributed by atoms with Crippen LogP contribution >= 0.6 is 15.9 Å². The molecule has 0 amide bonds. The summed E-state index contributed by atoms with van der Waals surface area (Å²) in [5, 5.41) is 3.49. The van der Waals surface area contributed by atoms with Gasteiger partial charge in [0.2, 0.25) is 0 Å². The summed E-state index contributed by atoms with van der Waals surface area (Å²) in [5.74, 6) is 1.79. The predicted octanol–water partition coefficient (Wildman–Crippen LogP) is 3.85. The van der Waals surface area contributed by atoms with Crippen LogP contribution < -0.4 is 14.8 Å². The largest absolute Gasteiger partial charge is 0.497 e. The topological polar surface area (TPSA) is 33.7 Å². The molecule has 4 nitrogen and oxygen atoms in total. The molecule has 0 aromatic heterocycles. The van der Waals surface area contributed by atoms with Crippen molar-refractivity contribution in [2.45, 2.75) is 12.5 Å². The maximum atomic E-state index is 5.68. The number of halogens is 1. The van der Waals surface area contributed by atoms with Crippen molar-refractivity contribution < 1.29 is 9.47 Å². The summed E-state index contributed by atoms with van der Waals surface area (Å²) in [6, 6.07) is 14.8. The van der Waals surface area contributed by atoms with Crippen LogP contribution in [0.15, 0.2) is 46.9 Å². The summed E-state index contributed by atoms with van der Waals surface area (Å²) in [5.41, 5.74) is 2.43. The standard InChI is InChI=1S/C20H25BrN2O2/c1-24-17-7-4-15(5-8-17)20(23-12-3-10-22-11-13-23)18-14-16(21)6-9-19(18)25-2/h4-9,14,20,22H,3,10-13H2,1-2H3. The van der Waals surface area contributed by atoms with Gasteiger partial charge >= 0.3 is 0 Å². The van der Waals surface area contributed by atoms with Gasteiger partial charge < -0.3 is 14.8 Å². The molecule has 1 aliphatic heterocycles. The summed E-state index contributed by atoms with van der Waals surface area (Å²) < 4.78 is 12.1. The molecule has 5 heteroatoms. The third-order valence-corrected chi connectivity index (χ3v) is 5.15. The SMILES string of the molecule is COc1ccc(C(c2cc(Br)ccc2OC)N2CCCNCC2)cc1. The van der Waals surface area contributed by atoms with Gasteiger partial charge in [-0.25, -0.2) is 0 Å². The average Bonchev–Trinajstić information content (AvgIpc) is 2.92. The molecule has 3 rings (SSSR count). The molecule has 0 radical (unpaired) electrons. The average molecular weight is 405 g/mol. The second-order valence-electron chi connectivity index (χ2n) is 6.20. The van der Waals surface area contributed by atoms with E-state index in [2.05, 4.69) is 44.3 Å². The van der Waals surface area contributed by atoms with Gasteiger partial charge in [-0.2, -0.15) is 0 Å².